The van der Waals surface area contributed by atoms with Crippen LogP contribution in [0.25, 0.3) is 11.3 Å². The van der Waals surface area contributed by atoms with Gasteiger partial charge in [0.25, 0.3) is 11.6 Å². The lowest BCUT2D eigenvalue weighted by molar-refractivity contribution is -0.384. The standard InChI is InChI=1S/C19H15FN4O4S/c20-14-5-1-12(2-6-14)16-11-29-19(22-16)23-17(25)9-10-21-18(26)13-3-7-15(8-4-13)24(27)28/h1-8,11H,9-10H2,(H,21,26)(H,22,23,25). The molecule has 1 heterocycles. The van der Waals surface area contributed by atoms with Crippen molar-refractivity contribution in [2.24, 2.45) is 0 Å². The molecule has 0 radical (unpaired) electrons. The number of nitro groups is 1. The monoisotopic (exact) mass is 414 g/mol. The fraction of sp³-hybridized carbons (Fsp3) is 0.105. The number of hydrogen-bond donors (Lipinski definition) is 2. The van der Waals surface area contributed by atoms with Gasteiger partial charge in [-0.25, -0.2) is 9.37 Å². The summed E-state index contributed by atoms with van der Waals surface area (Å²) in [4.78, 5) is 38.4. The summed E-state index contributed by atoms with van der Waals surface area (Å²) >= 11 is 1.24. The molecular formula is C19H15FN4O4S. The van der Waals surface area contributed by atoms with E-state index in [1.807, 2.05) is 0 Å². The minimum absolute atomic E-state index is 0.0319. The highest BCUT2D eigenvalue weighted by Gasteiger charge is 2.11. The van der Waals surface area contributed by atoms with Crippen molar-refractivity contribution in [3.8, 4) is 11.3 Å². The lowest BCUT2D eigenvalue weighted by atomic mass is 10.2. The van der Waals surface area contributed by atoms with Gasteiger partial charge in [0.1, 0.15) is 5.82 Å². The largest absolute Gasteiger partial charge is 0.352 e. The molecule has 0 unspecified atom stereocenters. The van der Waals surface area contributed by atoms with Crippen molar-refractivity contribution in [1.29, 1.82) is 0 Å². The van der Waals surface area contributed by atoms with Gasteiger partial charge in [-0.05, 0) is 36.4 Å². The second kappa shape index (κ2) is 9.02. The van der Waals surface area contributed by atoms with Crippen LogP contribution in [-0.4, -0.2) is 28.3 Å². The second-order valence-corrected chi connectivity index (χ2v) is 6.76. The van der Waals surface area contributed by atoms with E-state index in [1.165, 1.54) is 47.7 Å². The Morgan fingerprint density at radius 1 is 1.10 bits per heavy atom. The van der Waals surface area contributed by atoms with Crippen molar-refractivity contribution in [3.05, 3.63) is 75.4 Å². The van der Waals surface area contributed by atoms with E-state index in [2.05, 4.69) is 15.6 Å². The molecule has 10 heteroatoms. The van der Waals surface area contributed by atoms with E-state index in [-0.39, 0.29) is 35.9 Å². The molecule has 0 saturated heterocycles. The first-order valence-corrected chi connectivity index (χ1v) is 9.34. The molecule has 3 aromatic rings. The van der Waals surface area contributed by atoms with E-state index in [4.69, 9.17) is 0 Å². The molecule has 0 saturated carbocycles. The van der Waals surface area contributed by atoms with Crippen LogP contribution < -0.4 is 10.6 Å². The minimum atomic E-state index is -0.549. The van der Waals surface area contributed by atoms with Crippen molar-refractivity contribution in [1.82, 2.24) is 10.3 Å². The molecule has 2 N–H and O–H groups in total. The van der Waals surface area contributed by atoms with Crippen molar-refractivity contribution in [2.75, 3.05) is 11.9 Å². The van der Waals surface area contributed by atoms with Gasteiger partial charge in [-0.1, -0.05) is 0 Å². The molecule has 0 bridgehead atoms. The van der Waals surface area contributed by atoms with Gasteiger partial charge in [-0.3, -0.25) is 19.7 Å². The fourth-order valence-corrected chi connectivity index (χ4v) is 3.13. The zero-order valence-corrected chi connectivity index (χ0v) is 15.7. The summed E-state index contributed by atoms with van der Waals surface area (Å²) in [5.41, 5.74) is 1.51. The van der Waals surface area contributed by atoms with Crippen LogP contribution in [0.3, 0.4) is 0 Å². The molecule has 1 aromatic heterocycles. The second-order valence-electron chi connectivity index (χ2n) is 5.90. The van der Waals surface area contributed by atoms with Gasteiger partial charge in [0.15, 0.2) is 5.13 Å². The van der Waals surface area contributed by atoms with Gasteiger partial charge in [0.05, 0.1) is 10.6 Å². The molecule has 0 aliphatic rings. The van der Waals surface area contributed by atoms with Crippen molar-refractivity contribution in [2.45, 2.75) is 6.42 Å². The van der Waals surface area contributed by atoms with Crippen LogP contribution in [0.1, 0.15) is 16.8 Å². The van der Waals surface area contributed by atoms with E-state index in [1.54, 1.807) is 17.5 Å². The molecule has 0 aliphatic heterocycles. The van der Waals surface area contributed by atoms with Crippen LogP contribution in [0.15, 0.2) is 53.9 Å². The van der Waals surface area contributed by atoms with Crippen LogP contribution in [-0.2, 0) is 4.79 Å². The number of carbonyl (C=O) groups is 2. The molecule has 0 aliphatic carbocycles. The molecule has 2 aromatic carbocycles. The van der Waals surface area contributed by atoms with Crippen LogP contribution >= 0.6 is 11.3 Å². The summed E-state index contributed by atoms with van der Waals surface area (Å²) in [6.45, 7) is 0.0951. The van der Waals surface area contributed by atoms with Crippen LogP contribution in [0.2, 0.25) is 0 Å². The Labute approximate surface area is 168 Å². The summed E-state index contributed by atoms with van der Waals surface area (Å²) in [5.74, 6) is -1.09. The molecule has 29 heavy (non-hydrogen) atoms. The maximum Gasteiger partial charge on any atom is 0.269 e. The number of rotatable bonds is 7. The van der Waals surface area contributed by atoms with Crippen LogP contribution in [0, 0.1) is 15.9 Å². The first kappa shape index (κ1) is 20.1. The van der Waals surface area contributed by atoms with Gasteiger partial charge >= 0.3 is 0 Å². The summed E-state index contributed by atoms with van der Waals surface area (Å²) in [6, 6.07) is 11.0. The minimum Gasteiger partial charge on any atom is -0.352 e. The fourth-order valence-electron chi connectivity index (χ4n) is 2.39. The average molecular weight is 414 g/mol. The van der Waals surface area contributed by atoms with Crippen molar-refractivity contribution < 1.29 is 18.9 Å². The number of benzene rings is 2. The Bertz CT molecular complexity index is 1040. The Hall–Kier alpha value is -3.66. The number of halogens is 1. The molecule has 8 nitrogen and oxygen atoms in total. The third-order valence-electron chi connectivity index (χ3n) is 3.87. The Morgan fingerprint density at radius 2 is 1.79 bits per heavy atom. The molecule has 148 valence electrons. The highest BCUT2D eigenvalue weighted by Crippen LogP contribution is 2.25. The normalized spacial score (nSPS) is 10.4. The Balaban J connectivity index is 1.47. The number of aromatic nitrogens is 1. The number of nitro benzene ring substituents is 1. The van der Waals surface area contributed by atoms with Gasteiger partial charge in [-0.15, -0.1) is 11.3 Å². The number of nitrogens with zero attached hydrogens (tertiary/aromatic N) is 2. The number of hydrogen-bond acceptors (Lipinski definition) is 6. The zero-order valence-electron chi connectivity index (χ0n) is 14.9. The third-order valence-corrected chi connectivity index (χ3v) is 4.63. The summed E-state index contributed by atoms with van der Waals surface area (Å²) < 4.78 is 13.0. The quantitative estimate of drug-likeness (QED) is 0.453. The average Bonchev–Trinajstić information content (AvgIpc) is 3.16. The van der Waals surface area contributed by atoms with E-state index >= 15 is 0 Å². The molecule has 0 atom stereocenters. The number of carbonyl (C=O) groups excluding carboxylic acids is 2. The summed E-state index contributed by atoms with van der Waals surface area (Å²) in [6.07, 6.45) is 0.0319. The van der Waals surface area contributed by atoms with Gasteiger partial charge in [0, 0.05) is 41.6 Å². The van der Waals surface area contributed by atoms with Crippen molar-refractivity contribution in [3.63, 3.8) is 0 Å². The van der Waals surface area contributed by atoms with E-state index < -0.39 is 10.8 Å². The highest BCUT2D eigenvalue weighted by atomic mass is 32.1. The lowest BCUT2D eigenvalue weighted by Crippen LogP contribution is -2.27. The van der Waals surface area contributed by atoms with Crippen LogP contribution in [0.5, 0.6) is 0 Å². The molecule has 0 spiro atoms. The number of amides is 2. The smallest absolute Gasteiger partial charge is 0.269 e. The summed E-state index contributed by atoms with van der Waals surface area (Å²) in [5, 5.41) is 18.0. The summed E-state index contributed by atoms with van der Waals surface area (Å²) in [7, 11) is 0. The van der Waals surface area contributed by atoms with Crippen molar-refractivity contribution >= 4 is 34.0 Å². The predicted molar refractivity (Wildman–Crippen MR) is 106 cm³/mol. The SMILES string of the molecule is O=C(CCNC(=O)c1ccc([N+](=O)[O-])cc1)Nc1nc(-c2ccc(F)cc2)cs1. The van der Waals surface area contributed by atoms with Crippen LogP contribution in [0.4, 0.5) is 15.2 Å². The predicted octanol–water partition coefficient (Wildman–Crippen LogP) is 3.62. The van der Waals surface area contributed by atoms with E-state index in [0.717, 1.165) is 5.56 Å². The Morgan fingerprint density at radius 3 is 2.45 bits per heavy atom. The van der Waals surface area contributed by atoms with E-state index in [0.29, 0.717) is 10.8 Å². The molecule has 2 amide bonds. The maximum atomic E-state index is 13.0. The maximum absolute atomic E-state index is 13.0. The first-order chi connectivity index (χ1) is 13.9. The highest BCUT2D eigenvalue weighted by molar-refractivity contribution is 7.14. The van der Waals surface area contributed by atoms with Gasteiger partial charge < -0.3 is 10.6 Å². The van der Waals surface area contributed by atoms with Gasteiger partial charge in [0.2, 0.25) is 5.91 Å². The number of anilines is 1. The Kier molecular flexibility index (Phi) is 6.25. The topological polar surface area (TPSA) is 114 Å². The molecular weight excluding hydrogens is 399 g/mol. The first-order valence-electron chi connectivity index (χ1n) is 8.46. The lowest BCUT2D eigenvalue weighted by Gasteiger charge is -2.05. The molecule has 0 fully saturated rings. The van der Waals surface area contributed by atoms with E-state index in [9.17, 15) is 24.1 Å². The zero-order chi connectivity index (χ0) is 20.8. The number of thiazole rings is 1. The number of nitrogens with one attached hydrogen (secondary N) is 2. The third kappa shape index (κ3) is 5.42. The number of non-ortho nitro benzene ring substituents is 1. The molecule has 3 rings (SSSR count). The van der Waals surface area contributed by atoms with Gasteiger partial charge in [-0.2, -0.15) is 0 Å².